The van der Waals surface area contributed by atoms with Crippen LogP contribution in [0, 0.1) is 10.1 Å². The summed E-state index contributed by atoms with van der Waals surface area (Å²) in [4.78, 5) is 22.3. The highest BCUT2D eigenvalue weighted by Gasteiger charge is 2.15. The molecule has 8 heteroatoms. The lowest BCUT2D eigenvalue weighted by atomic mass is 10.1. The molecule has 0 saturated heterocycles. The first-order chi connectivity index (χ1) is 10.3. The topological polar surface area (TPSA) is 116 Å². The number of rotatable bonds is 5. The molecule has 1 amide bonds. The van der Waals surface area contributed by atoms with E-state index >= 15 is 0 Å². The fourth-order valence-electron chi connectivity index (χ4n) is 1.74. The van der Waals surface area contributed by atoms with Crippen LogP contribution in [0.4, 0.5) is 5.69 Å². The van der Waals surface area contributed by atoms with Gasteiger partial charge in [-0.25, -0.2) is 4.68 Å². The Morgan fingerprint density at radius 1 is 1.45 bits per heavy atom. The van der Waals surface area contributed by atoms with E-state index in [1.54, 1.807) is 32.2 Å². The number of carbonyl (C=O) groups excluding carboxylic acids is 1. The predicted molar refractivity (Wildman–Crippen MR) is 80.8 cm³/mol. The molecule has 2 aromatic rings. The van der Waals surface area contributed by atoms with Gasteiger partial charge in [-0.3, -0.25) is 14.9 Å². The minimum absolute atomic E-state index is 0.0381. The lowest BCUT2D eigenvalue weighted by Crippen LogP contribution is -2.45. The van der Waals surface area contributed by atoms with Gasteiger partial charge in [0.05, 0.1) is 10.6 Å². The molecule has 8 nitrogen and oxygen atoms in total. The number of hydrogen-bond donors (Lipinski definition) is 2. The van der Waals surface area contributed by atoms with Gasteiger partial charge in [0.2, 0.25) is 0 Å². The normalized spacial score (nSPS) is 11.2. The van der Waals surface area contributed by atoms with E-state index in [0.717, 1.165) is 0 Å². The van der Waals surface area contributed by atoms with Gasteiger partial charge in [-0.15, -0.1) is 0 Å². The maximum Gasteiger partial charge on any atom is 0.271 e. The van der Waals surface area contributed by atoms with Gasteiger partial charge in [-0.05, 0) is 26.0 Å². The average Bonchev–Trinajstić information content (AvgIpc) is 2.94. The lowest BCUT2D eigenvalue weighted by molar-refractivity contribution is -0.384. The van der Waals surface area contributed by atoms with Crippen molar-refractivity contribution >= 4 is 11.6 Å². The monoisotopic (exact) mass is 303 g/mol. The van der Waals surface area contributed by atoms with Crippen molar-refractivity contribution < 1.29 is 9.72 Å². The van der Waals surface area contributed by atoms with Crippen molar-refractivity contribution in [3.05, 3.63) is 52.3 Å². The minimum Gasteiger partial charge on any atom is -0.349 e. The third-order valence-corrected chi connectivity index (χ3v) is 2.83. The molecular formula is C14H17N5O3. The molecule has 1 aromatic heterocycles. The number of nitro groups is 1. The second-order valence-corrected chi connectivity index (χ2v) is 5.59. The average molecular weight is 303 g/mol. The van der Waals surface area contributed by atoms with E-state index in [1.807, 2.05) is 0 Å². The highest BCUT2D eigenvalue weighted by Crippen LogP contribution is 2.16. The number of benzene rings is 1. The SMILES string of the molecule is CC(C)(N)CNC(=O)c1ccn(-c2cccc([N+](=O)[O-])c2)n1. The Kier molecular flexibility index (Phi) is 4.22. The second kappa shape index (κ2) is 5.94. The maximum atomic E-state index is 12.0. The van der Waals surface area contributed by atoms with Crippen LogP contribution >= 0.6 is 0 Å². The Bertz CT molecular complexity index is 702. The van der Waals surface area contributed by atoms with E-state index in [2.05, 4.69) is 10.4 Å². The van der Waals surface area contributed by atoms with E-state index < -0.39 is 10.5 Å². The van der Waals surface area contributed by atoms with E-state index in [9.17, 15) is 14.9 Å². The molecule has 0 radical (unpaired) electrons. The van der Waals surface area contributed by atoms with Crippen molar-refractivity contribution in [1.29, 1.82) is 0 Å². The van der Waals surface area contributed by atoms with Crippen LogP contribution in [0.1, 0.15) is 24.3 Å². The first kappa shape index (κ1) is 15.6. The number of nitro benzene ring substituents is 1. The van der Waals surface area contributed by atoms with Gasteiger partial charge >= 0.3 is 0 Å². The van der Waals surface area contributed by atoms with Crippen LogP contribution in [-0.4, -0.2) is 32.7 Å². The molecule has 116 valence electrons. The molecule has 1 aromatic carbocycles. The summed E-state index contributed by atoms with van der Waals surface area (Å²) in [6.45, 7) is 3.92. The van der Waals surface area contributed by atoms with Crippen molar-refractivity contribution in [2.24, 2.45) is 5.73 Å². The number of carbonyl (C=O) groups is 1. The van der Waals surface area contributed by atoms with Gasteiger partial charge in [0.15, 0.2) is 5.69 Å². The van der Waals surface area contributed by atoms with Crippen LogP contribution in [-0.2, 0) is 0 Å². The zero-order valence-corrected chi connectivity index (χ0v) is 12.3. The summed E-state index contributed by atoms with van der Waals surface area (Å²) in [7, 11) is 0. The van der Waals surface area contributed by atoms with Crippen LogP contribution in [0.3, 0.4) is 0 Å². The molecule has 0 aliphatic carbocycles. The summed E-state index contributed by atoms with van der Waals surface area (Å²) < 4.78 is 1.41. The number of non-ortho nitro benzene ring substituents is 1. The third-order valence-electron chi connectivity index (χ3n) is 2.83. The Labute approximate surface area is 127 Å². The largest absolute Gasteiger partial charge is 0.349 e. The van der Waals surface area contributed by atoms with Crippen molar-refractivity contribution in [3.8, 4) is 5.69 Å². The summed E-state index contributed by atoms with van der Waals surface area (Å²) in [5.41, 5.74) is 5.97. The molecule has 3 N–H and O–H groups in total. The van der Waals surface area contributed by atoms with Crippen molar-refractivity contribution in [2.75, 3.05) is 6.54 Å². The van der Waals surface area contributed by atoms with Gasteiger partial charge in [0.25, 0.3) is 11.6 Å². The molecular weight excluding hydrogens is 286 g/mol. The lowest BCUT2D eigenvalue weighted by Gasteiger charge is -2.18. The number of nitrogens with two attached hydrogens (primary N) is 1. The molecule has 0 spiro atoms. The predicted octanol–water partition coefficient (Wildman–Crippen LogP) is 1.25. The summed E-state index contributed by atoms with van der Waals surface area (Å²) in [5, 5.41) is 17.6. The van der Waals surface area contributed by atoms with Crippen molar-refractivity contribution in [1.82, 2.24) is 15.1 Å². The smallest absolute Gasteiger partial charge is 0.271 e. The fourth-order valence-corrected chi connectivity index (χ4v) is 1.74. The molecule has 2 rings (SSSR count). The standard InChI is InChI=1S/C14H17N5O3/c1-14(2,15)9-16-13(20)12-6-7-18(17-12)10-4-3-5-11(8-10)19(21)22/h3-8H,9,15H2,1-2H3,(H,16,20). The third kappa shape index (κ3) is 3.89. The molecule has 0 saturated carbocycles. The van der Waals surface area contributed by atoms with E-state index in [0.29, 0.717) is 12.2 Å². The molecule has 0 bridgehead atoms. The van der Waals surface area contributed by atoms with Crippen LogP contribution in [0.25, 0.3) is 5.69 Å². The number of nitrogens with one attached hydrogen (secondary N) is 1. The first-order valence-corrected chi connectivity index (χ1v) is 6.64. The van der Waals surface area contributed by atoms with Crippen molar-refractivity contribution in [3.63, 3.8) is 0 Å². The fraction of sp³-hybridized carbons (Fsp3) is 0.286. The summed E-state index contributed by atoms with van der Waals surface area (Å²) in [6.07, 6.45) is 1.57. The van der Waals surface area contributed by atoms with E-state index in [-0.39, 0.29) is 17.3 Å². The van der Waals surface area contributed by atoms with E-state index in [1.165, 1.54) is 22.9 Å². The molecule has 0 atom stereocenters. The second-order valence-electron chi connectivity index (χ2n) is 5.59. The Balaban J connectivity index is 2.16. The van der Waals surface area contributed by atoms with Gasteiger partial charge in [0, 0.05) is 30.4 Å². The molecule has 22 heavy (non-hydrogen) atoms. The van der Waals surface area contributed by atoms with E-state index in [4.69, 9.17) is 5.73 Å². The van der Waals surface area contributed by atoms with Crippen LogP contribution in [0.5, 0.6) is 0 Å². The summed E-state index contributed by atoms with van der Waals surface area (Å²) in [6, 6.07) is 7.55. The number of amides is 1. The zero-order chi connectivity index (χ0) is 16.3. The van der Waals surface area contributed by atoms with Gasteiger partial charge in [0.1, 0.15) is 0 Å². The first-order valence-electron chi connectivity index (χ1n) is 6.64. The Morgan fingerprint density at radius 3 is 2.82 bits per heavy atom. The summed E-state index contributed by atoms with van der Waals surface area (Å²) in [5.74, 6) is -0.345. The number of hydrogen-bond acceptors (Lipinski definition) is 5. The molecule has 0 fully saturated rings. The molecule has 0 aliphatic heterocycles. The van der Waals surface area contributed by atoms with Gasteiger partial charge < -0.3 is 11.1 Å². The zero-order valence-electron chi connectivity index (χ0n) is 12.3. The number of nitrogens with zero attached hydrogens (tertiary/aromatic N) is 3. The maximum absolute atomic E-state index is 12.0. The molecule has 1 heterocycles. The van der Waals surface area contributed by atoms with Crippen LogP contribution in [0.15, 0.2) is 36.5 Å². The minimum atomic E-state index is -0.516. The Hall–Kier alpha value is -2.74. The number of aromatic nitrogens is 2. The molecule has 0 aliphatic rings. The van der Waals surface area contributed by atoms with Gasteiger partial charge in [-0.1, -0.05) is 6.07 Å². The highest BCUT2D eigenvalue weighted by atomic mass is 16.6. The highest BCUT2D eigenvalue weighted by molar-refractivity contribution is 5.92. The van der Waals surface area contributed by atoms with Gasteiger partial charge in [-0.2, -0.15) is 5.10 Å². The van der Waals surface area contributed by atoms with Crippen LogP contribution in [0.2, 0.25) is 0 Å². The quantitative estimate of drug-likeness (QED) is 0.637. The van der Waals surface area contributed by atoms with Crippen LogP contribution < -0.4 is 11.1 Å². The Morgan fingerprint density at radius 2 is 2.18 bits per heavy atom. The van der Waals surface area contributed by atoms with Crippen molar-refractivity contribution in [2.45, 2.75) is 19.4 Å². The summed E-state index contributed by atoms with van der Waals surface area (Å²) >= 11 is 0. The molecule has 0 unspecified atom stereocenters.